The molecule has 0 aliphatic carbocycles. The van der Waals surface area contributed by atoms with Crippen molar-refractivity contribution in [3.8, 4) is 5.75 Å². The van der Waals surface area contributed by atoms with Crippen LogP contribution in [0.1, 0.15) is 30.9 Å². The summed E-state index contributed by atoms with van der Waals surface area (Å²) in [5.41, 5.74) is 2.15. The minimum Gasteiger partial charge on any atom is -0.494 e. The first-order valence-electron chi connectivity index (χ1n) is 9.13. The number of carbonyl (C=O) groups excluding carboxylic acids is 2. The molecule has 2 aromatic rings. The molecule has 0 saturated carbocycles. The predicted octanol–water partition coefficient (Wildman–Crippen LogP) is 3.74. The van der Waals surface area contributed by atoms with E-state index in [4.69, 9.17) is 9.47 Å². The van der Waals surface area contributed by atoms with Gasteiger partial charge in [-0.05, 0) is 43.5 Å². The lowest BCUT2D eigenvalue weighted by Crippen LogP contribution is -2.37. The quantitative estimate of drug-likeness (QED) is 0.499. The highest BCUT2D eigenvalue weighted by Crippen LogP contribution is 2.13. The van der Waals surface area contributed by atoms with Crippen molar-refractivity contribution in [2.24, 2.45) is 0 Å². The van der Waals surface area contributed by atoms with Crippen molar-refractivity contribution in [2.45, 2.75) is 39.3 Å². The van der Waals surface area contributed by atoms with Crippen LogP contribution in [0.4, 0.5) is 0 Å². The summed E-state index contributed by atoms with van der Waals surface area (Å²) in [6.07, 6.45) is -0.0526. The molecule has 0 bridgehead atoms. The summed E-state index contributed by atoms with van der Waals surface area (Å²) in [5, 5.41) is 0. The zero-order valence-electron chi connectivity index (χ0n) is 16.2. The highest BCUT2D eigenvalue weighted by Gasteiger charge is 2.21. The van der Waals surface area contributed by atoms with E-state index in [1.807, 2.05) is 61.5 Å². The number of aryl methyl sites for hydroxylation is 1. The van der Waals surface area contributed by atoms with Gasteiger partial charge in [0, 0.05) is 20.0 Å². The van der Waals surface area contributed by atoms with Crippen molar-refractivity contribution >= 4 is 11.9 Å². The second-order valence-electron chi connectivity index (χ2n) is 6.58. The Morgan fingerprint density at radius 3 is 2.52 bits per heavy atom. The molecule has 0 aliphatic heterocycles. The summed E-state index contributed by atoms with van der Waals surface area (Å²) < 4.78 is 10.9. The zero-order valence-corrected chi connectivity index (χ0v) is 16.2. The van der Waals surface area contributed by atoms with Gasteiger partial charge in [0.2, 0.25) is 0 Å². The van der Waals surface area contributed by atoms with E-state index in [1.165, 1.54) is 0 Å². The number of ether oxygens (including phenoxy) is 2. The SMILES string of the molecule is Cc1cccc(OCCCC(=O)OC(C)C(=O)N(C)Cc2ccccc2)c1. The fourth-order valence-corrected chi connectivity index (χ4v) is 2.66. The summed E-state index contributed by atoms with van der Waals surface area (Å²) in [6.45, 7) is 4.50. The molecule has 1 atom stereocenters. The van der Waals surface area contributed by atoms with Crippen LogP contribution >= 0.6 is 0 Å². The first-order valence-corrected chi connectivity index (χ1v) is 9.13. The Morgan fingerprint density at radius 2 is 1.81 bits per heavy atom. The van der Waals surface area contributed by atoms with Gasteiger partial charge in [0.1, 0.15) is 5.75 Å². The first kappa shape index (κ1) is 20.5. The van der Waals surface area contributed by atoms with Gasteiger partial charge in [-0.15, -0.1) is 0 Å². The molecule has 0 fully saturated rings. The summed E-state index contributed by atoms with van der Waals surface area (Å²) in [4.78, 5) is 25.9. The van der Waals surface area contributed by atoms with Crippen LogP contribution in [0.25, 0.3) is 0 Å². The molecule has 1 unspecified atom stereocenters. The minimum absolute atomic E-state index is 0.214. The lowest BCUT2D eigenvalue weighted by molar-refractivity contribution is -0.158. The smallest absolute Gasteiger partial charge is 0.306 e. The third-order valence-corrected chi connectivity index (χ3v) is 4.08. The lowest BCUT2D eigenvalue weighted by Gasteiger charge is -2.21. The van der Waals surface area contributed by atoms with Gasteiger partial charge in [0.05, 0.1) is 6.61 Å². The summed E-state index contributed by atoms with van der Waals surface area (Å²) in [5.74, 6) is 0.175. The van der Waals surface area contributed by atoms with E-state index in [0.29, 0.717) is 19.6 Å². The van der Waals surface area contributed by atoms with Gasteiger partial charge >= 0.3 is 5.97 Å². The lowest BCUT2D eigenvalue weighted by atomic mass is 10.2. The molecule has 0 spiro atoms. The van der Waals surface area contributed by atoms with Crippen molar-refractivity contribution in [3.05, 3.63) is 65.7 Å². The van der Waals surface area contributed by atoms with Gasteiger partial charge in [-0.2, -0.15) is 0 Å². The summed E-state index contributed by atoms with van der Waals surface area (Å²) in [6, 6.07) is 17.4. The summed E-state index contributed by atoms with van der Waals surface area (Å²) >= 11 is 0. The van der Waals surface area contributed by atoms with Crippen LogP contribution in [-0.4, -0.2) is 36.5 Å². The molecule has 144 valence electrons. The number of amides is 1. The maximum absolute atomic E-state index is 12.4. The van der Waals surface area contributed by atoms with Crippen LogP contribution in [-0.2, 0) is 20.9 Å². The molecule has 2 rings (SSSR count). The number of likely N-dealkylation sites (N-methyl/N-ethyl adjacent to an activating group) is 1. The van der Waals surface area contributed by atoms with Gasteiger partial charge in [-0.1, -0.05) is 42.5 Å². The number of hydrogen-bond acceptors (Lipinski definition) is 4. The Balaban J connectivity index is 1.68. The number of nitrogens with zero attached hydrogens (tertiary/aromatic N) is 1. The standard InChI is InChI=1S/C22H27NO4/c1-17-9-7-12-20(15-17)26-14-8-13-21(24)27-18(2)22(25)23(3)16-19-10-5-4-6-11-19/h4-7,9-12,15,18H,8,13-14,16H2,1-3H3. The van der Waals surface area contributed by atoms with Crippen LogP contribution in [0.5, 0.6) is 5.75 Å². The van der Waals surface area contributed by atoms with Crippen LogP contribution < -0.4 is 4.74 Å². The highest BCUT2D eigenvalue weighted by molar-refractivity contribution is 5.83. The molecule has 0 saturated heterocycles. The van der Waals surface area contributed by atoms with E-state index in [9.17, 15) is 9.59 Å². The van der Waals surface area contributed by atoms with Crippen molar-refractivity contribution in [1.29, 1.82) is 0 Å². The van der Waals surface area contributed by atoms with E-state index < -0.39 is 12.1 Å². The topological polar surface area (TPSA) is 55.8 Å². The molecule has 0 aromatic heterocycles. The second kappa shape index (κ2) is 10.4. The molecule has 0 aliphatic rings. The van der Waals surface area contributed by atoms with Gasteiger partial charge in [-0.3, -0.25) is 9.59 Å². The van der Waals surface area contributed by atoms with Crippen LogP contribution in [0.2, 0.25) is 0 Å². The average Bonchev–Trinajstić information content (AvgIpc) is 2.65. The zero-order chi connectivity index (χ0) is 19.6. The molecule has 2 aromatic carbocycles. The second-order valence-corrected chi connectivity index (χ2v) is 6.58. The molecule has 5 nitrogen and oxygen atoms in total. The van der Waals surface area contributed by atoms with Gasteiger partial charge in [0.15, 0.2) is 6.10 Å². The van der Waals surface area contributed by atoms with Crippen LogP contribution in [0.15, 0.2) is 54.6 Å². The van der Waals surface area contributed by atoms with Gasteiger partial charge in [0.25, 0.3) is 5.91 Å². The third kappa shape index (κ3) is 7.13. The molecule has 0 heterocycles. The van der Waals surface area contributed by atoms with Crippen molar-refractivity contribution in [2.75, 3.05) is 13.7 Å². The van der Waals surface area contributed by atoms with Crippen molar-refractivity contribution in [1.82, 2.24) is 4.90 Å². The Kier molecular flexibility index (Phi) is 7.86. The maximum atomic E-state index is 12.4. The number of hydrogen-bond donors (Lipinski definition) is 0. The van der Waals surface area contributed by atoms with E-state index >= 15 is 0 Å². The van der Waals surface area contributed by atoms with Crippen LogP contribution in [0, 0.1) is 6.92 Å². The number of benzene rings is 2. The van der Waals surface area contributed by atoms with Crippen LogP contribution in [0.3, 0.4) is 0 Å². The molecular formula is C22H27NO4. The number of carbonyl (C=O) groups is 2. The average molecular weight is 369 g/mol. The van der Waals surface area contributed by atoms with Crippen molar-refractivity contribution < 1.29 is 19.1 Å². The molecular weight excluding hydrogens is 342 g/mol. The van der Waals surface area contributed by atoms with E-state index in [1.54, 1.807) is 18.9 Å². The third-order valence-electron chi connectivity index (χ3n) is 4.08. The fourth-order valence-electron chi connectivity index (χ4n) is 2.66. The molecule has 5 heteroatoms. The minimum atomic E-state index is -0.802. The number of rotatable bonds is 9. The predicted molar refractivity (Wildman–Crippen MR) is 104 cm³/mol. The molecule has 0 N–H and O–H groups in total. The molecule has 27 heavy (non-hydrogen) atoms. The monoisotopic (exact) mass is 369 g/mol. The normalized spacial score (nSPS) is 11.5. The fraction of sp³-hybridized carbons (Fsp3) is 0.364. The van der Waals surface area contributed by atoms with E-state index in [2.05, 4.69) is 0 Å². The van der Waals surface area contributed by atoms with Crippen molar-refractivity contribution in [3.63, 3.8) is 0 Å². The molecule has 1 amide bonds. The molecule has 0 radical (unpaired) electrons. The van der Waals surface area contributed by atoms with Gasteiger partial charge in [-0.25, -0.2) is 0 Å². The van der Waals surface area contributed by atoms with E-state index in [0.717, 1.165) is 16.9 Å². The highest BCUT2D eigenvalue weighted by atomic mass is 16.5. The summed E-state index contributed by atoms with van der Waals surface area (Å²) in [7, 11) is 1.70. The number of esters is 1. The van der Waals surface area contributed by atoms with Gasteiger partial charge < -0.3 is 14.4 Å². The largest absolute Gasteiger partial charge is 0.494 e. The Morgan fingerprint density at radius 1 is 1.07 bits per heavy atom. The van der Waals surface area contributed by atoms with E-state index in [-0.39, 0.29) is 12.3 Å². The Hall–Kier alpha value is -2.82. The first-order chi connectivity index (χ1) is 13.0. The Bertz CT molecular complexity index is 745. The maximum Gasteiger partial charge on any atom is 0.306 e. The Labute approximate surface area is 160 Å².